The van der Waals surface area contributed by atoms with Crippen LogP contribution in [0.1, 0.15) is 57.5 Å². The molecule has 3 aromatic rings. The number of aromatic nitrogens is 3. The monoisotopic (exact) mass is 526 g/mol. The van der Waals surface area contributed by atoms with Gasteiger partial charge in [-0.15, -0.1) is 16.8 Å². The summed E-state index contributed by atoms with van der Waals surface area (Å²) in [4.78, 5) is 0. The summed E-state index contributed by atoms with van der Waals surface area (Å²) >= 11 is 7.78. The van der Waals surface area contributed by atoms with Crippen molar-refractivity contribution >= 4 is 23.4 Å². The third-order valence-electron chi connectivity index (χ3n) is 4.62. The maximum Gasteiger partial charge on any atom is 0.196 e. The third kappa shape index (κ3) is 12.9. The molecule has 0 saturated heterocycles. The molecule has 0 aliphatic carbocycles. The first-order valence-electron chi connectivity index (χ1n) is 12.2. The first-order valence-corrected chi connectivity index (χ1v) is 13.6. The third-order valence-corrected chi connectivity index (χ3v) is 5.83. The molecule has 0 aliphatic rings. The van der Waals surface area contributed by atoms with Crippen molar-refractivity contribution < 1.29 is 0 Å². The predicted molar refractivity (Wildman–Crippen MR) is 161 cm³/mol. The van der Waals surface area contributed by atoms with Gasteiger partial charge in [-0.1, -0.05) is 97.4 Å². The minimum absolute atomic E-state index is 0.709. The van der Waals surface area contributed by atoms with Gasteiger partial charge < -0.3 is 5.73 Å². The van der Waals surface area contributed by atoms with Crippen LogP contribution in [0.3, 0.4) is 0 Å². The van der Waals surface area contributed by atoms with Crippen LogP contribution in [0, 0.1) is 13.8 Å². The summed E-state index contributed by atoms with van der Waals surface area (Å²) in [7, 11) is 1.50. The van der Waals surface area contributed by atoms with E-state index in [0.717, 1.165) is 35.3 Å². The van der Waals surface area contributed by atoms with Gasteiger partial charge in [-0.05, 0) is 76.9 Å². The van der Waals surface area contributed by atoms with Crippen LogP contribution in [0.25, 0.3) is 5.69 Å². The van der Waals surface area contributed by atoms with Gasteiger partial charge in [0.05, 0.1) is 5.69 Å². The number of nitrogens with two attached hydrogens (primary N) is 1. The van der Waals surface area contributed by atoms with Gasteiger partial charge >= 0.3 is 0 Å². The second-order valence-electron chi connectivity index (χ2n) is 7.64. The predicted octanol–water partition coefficient (Wildman–Crippen LogP) is 8.91. The number of halogens is 1. The highest BCUT2D eigenvalue weighted by molar-refractivity contribution is 7.98. The van der Waals surface area contributed by atoms with E-state index in [1.54, 1.807) is 17.8 Å². The highest BCUT2D eigenvalue weighted by atomic mass is 35.5. The van der Waals surface area contributed by atoms with Crippen molar-refractivity contribution in [3.8, 4) is 5.69 Å². The lowest BCUT2D eigenvalue weighted by Gasteiger charge is -2.09. The molecule has 0 aliphatic heterocycles. The average Bonchev–Trinajstić information content (AvgIpc) is 3.25. The van der Waals surface area contributed by atoms with Gasteiger partial charge in [0.25, 0.3) is 0 Å². The Balaban J connectivity index is 0.000000735. The summed E-state index contributed by atoms with van der Waals surface area (Å²) in [6.07, 6.45) is 10.6. The molecular weight excluding hydrogens is 484 g/mol. The lowest BCUT2D eigenvalue weighted by Crippen LogP contribution is -1.99. The Morgan fingerprint density at radius 2 is 1.72 bits per heavy atom. The lowest BCUT2D eigenvalue weighted by atomic mass is 10.1. The molecule has 2 aromatic carbocycles. The Hall–Kier alpha value is -2.60. The first kappa shape index (κ1) is 33.4. The van der Waals surface area contributed by atoms with E-state index in [-0.39, 0.29) is 0 Å². The van der Waals surface area contributed by atoms with E-state index in [1.807, 2.05) is 42.7 Å². The number of thioether (sulfide) groups is 1. The van der Waals surface area contributed by atoms with Crippen molar-refractivity contribution in [2.45, 2.75) is 65.3 Å². The number of nitrogens with zero attached hydrogens (tertiary/aromatic N) is 3. The highest BCUT2D eigenvalue weighted by Gasteiger charge is 2.12. The van der Waals surface area contributed by atoms with Crippen LogP contribution in [-0.2, 0) is 5.75 Å². The van der Waals surface area contributed by atoms with Gasteiger partial charge in [0.1, 0.15) is 5.82 Å². The zero-order valence-corrected chi connectivity index (χ0v) is 24.5. The molecule has 6 heteroatoms. The fraction of sp³-hybridized carbons (Fsp3) is 0.333. The second-order valence-corrected chi connectivity index (χ2v) is 9.01. The lowest BCUT2D eigenvalue weighted by molar-refractivity contribution is 0.868. The van der Waals surface area contributed by atoms with E-state index in [0.29, 0.717) is 5.02 Å². The van der Waals surface area contributed by atoms with Crippen molar-refractivity contribution in [1.29, 1.82) is 0 Å². The Morgan fingerprint density at radius 1 is 1.06 bits per heavy atom. The molecule has 0 radical (unpaired) electrons. The molecule has 36 heavy (non-hydrogen) atoms. The SMILES string of the molecule is C=CC.CC/C=C\C(C)=C/CC.CN.Cc1ccccc1CSc1nnc(C)n1-c1cccc(Cl)c1. The molecule has 0 unspecified atom stereocenters. The van der Waals surface area contributed by atoms with E-state index in [2.05, 4.69) is 92.7 Å². The summed E-state index contributed by atoms with van der Waals surface area (Å²) in [5.41, 5.74) is 9.47. The van der Waals surface area contributed by atoms with Crippen LogP contribution in [0.15, 0.2) is 90.1 Å². The summed E-state index contributed by atoms with van der Waals surface area (Å²) in [5, 5.41) is 10.1. The molecule has 0 atom stereocenters. The quantitative estimate of drug-likeness (QED) is 0.189. The molecule has 4 nitrogen and oxygen atoms in total. The van der Waals surface area contributed by atoms with Crippen LogP contribution in [0.5, 0.6) is 0 Å². The van der Waals surface area contributed by atoms with Crippen LogP contribution in [0.4, 0.5) is 0 Å². The van der Waals surface area contributed by atoms with Gasteiger partial charge in [0, 0.05) is 10.8 Å². The van der Waals surface area contributed by atoms with Gasteiger partial charge in [0.2, 0.25) is 0 Å². The number of hydrogen-bond acceptors (Lipinski definition) is 4. The molecule has 0 amide bonds. The molecule has 196 valence electrons. The average molecular weight is 527 g/mol. The Bertz CT molecular complexity index is 1070. The first-order chi connectivity index (χ1) is 17.4. The summed E-state index contributed by atoms with van der Waals surface area (Å²) in [6.45, 7) is 15.8. The summed E-state index contributed by atoms with van der Waals surface area (Å²) < 4.78 is 2.04. The van der Waals surface area contributed by atoms with Crippen LogP contribution < -0.4 is 5.73 Å². The summed E-state index contributed by atoms with van der Waals surface area (Å²) in [5.74, 6) is 1.72. The molecule has 1 heterocycles. The van der Waals surface area contributed by atoms with Crippen LogP contribution >= 0.6 is 23.4 Å². The molecule has 3 rings (SSSR count). The smallest absolute Gasteiger partial charge is 0.196 e. The second kappa shape index (κ2) is 20.6. The maximum atomic E-state index is 6.10. The Kier molecular flexibility index (Phi) is 19.1. The fourth-order valence-corrected chi connectivity index (χ4v) is 4.22. The minimum Gasteiger partial charge on any atom is -0.333 e. The minimum atomic E-state index is 0.709. The van der Waals surface area contributed by atoms with E-state index in [1.165, 1.54) is 23.7 Å². The van der Waals surface area contributed by atoms with Crippen molar-refractivity contribution in [1.82, 2.24) is 14.8 Å². The Morgan fingerprint density at radius 3 is 2.31 bits per heavy atom. The molecule has 0 saturated carbocycles. The molecule has 0 spiro atoms. The van der Waals surface area contributed by atoms with Crippen molar-refractivity contribution in [3.63, 3.8) is 0 Å². The molecule has 0 fully saturated rings. The molecular formula is C30H43ClN4S. The van der Waals surface area contributed by atoms with Crippen LogP contribution in [-0.4, -0.2) is 21.8 Å². The molecule has 0 bridgehead atoms. The van der Waals surface area contributed by atoms with E-state index < -0.39 is 0 Å². The standard InChI is InChI=1S/C17H16ClN3S.C9H16.C3H6.CH5N/c1-12-6-3-4-7-14(12)11-22-17-20-19-13(2)21(17)16-9-5-8-15(18)10-16;1-4-6-8-9(3)7-5-2;1-3-2;1-2/h3-10H,11H2,1-2H3;6-8H,4-5H2,1-3H3;3H,1H2,2H3;2H2,1H3/b;8-6-,9-7-;;. The van der Waals surface area contributed by atoms with Gasteiger partial charge in [-0.3, -0.25) is 4.57 Å². The Labute approximate surface area is 228 Å². The zero-order chi connectivity index (χ0) is 27.3. The summed E-state index contributed by atoms with van der Waals surface area (Å²) in [6, 6.07) is 16.1. The fourth-order valence-electron chi connectivity index (χ4n) is 2.96. The number of benzene rings is 2. The zero-order valence-electron chi connectivity index (χ0n) is 23.0. The largest absolute Gasteiger partial charge is 0.333 e. The van der Waals surface area contributed by atoms with E-state index in [4.69, 9.17) is 11.6 Å². The number of aryl methyl sites for hydroxylation is 2. The number of allylic oxidation sites excluding steroid dienone is 5. The molecule has 2 N–H and O–H groups in total. The number of rotatable bonds is 7. The normalized spacial score (nSPS) is 10.4. The molecule has 1 aromatic heterocycles. The van der Waals surface area contributed by atoms with E-state index in [9.17, 15) is 0 Å². The van der Waals surface area contributed by atoms with Crippen LogP contribution in [0.2, 0.25) is 5.02 Å². The number of hydrogen-bond donors (Lipinski definition) is 1. The highest BCUT2D eigenvalue weighted by Crippen LogP contribution is 2.27. The van der Waals surface area contributed by atoms with Gasteiger partial charge in [-0.2, -0.15) is 0 Å². The van der Waals surface area contributed by atoms with E-state index >= 15 is 0 Å². The van der Waals surface area contributed by atoms with Crippen molar-refractivity contribution in [3.05, 3.63) is 107 Å². The van der Waals surface area contributed by atoms with Crippen molar-refractivity contribution in [2.24, 2.45) is 5.73 Å². The maximum absolute atomic E-state index is 6.10. The van der Waals surface area contributed by atoms with Gasteiger partial charge in [-0.25, -0.2) is 0 Å². The van der Waals surface area contributed by atoms with Gasteiger partial charge in [0.15, 0.2) is 5.16 Å². The van der Waals surface area contributed by atoms with Crippen molar-refractivity contribution in [2.75, 3.05) is 7.05 Å². The topological polar surface area (TPSA) is 56.7 Å².